The molecule has 2 heterocycles. The lowest BCUT2D eigenvalue weighted by atomic mass is 10.1. The Bertz CT molecular complexity index is 912. The number of likely N-dealkylation sites (tertiary alicyclic amines) is 1. The zero-order chi connectivity index (χ0) is 18.7. The largest absolute Gasteiger partial charge is 0.477 e. The topological polar surface area (TPSA) is 84.5 Å². The van der Waals surface area contributed by atoms with Gasteiger partial charge < -0.3 is 10.0 Å². The van der Waals surface area contributed by atoms with E-state index in [9.17, 15) is 23.9 Å². The monoisotopic (exact) mass is 361 g/mol. The number of aromatic carboxylic acids is 1. The van der Waals surface area contributed by atoms with Crippen LogP contribution in [0.15, 0.2) is 40.1 Å². The second-order valence-corrected chi connectivity index (χ2v) is 6.34. The number of carbonyl (C=O) groups is 1. The molecule has 1 aliphatic rings. The fraction of sp³-hybridized carbons (Fsp3) is 0.389. The number of hydrogen-bond acceptors (Lipinski definition) is 4. The fourth-order valence-corrected chi connectivity index (χ4v) is 3.16. The van der Waals surface area contributed by atoms with E-state index >= 15 is 0 Å². The molecule has 1 N–H and O–H groups in total. The molecule has 1 fully saturated rings. The van der Waals surface area contributed by atoms with Crippen LogP contribution in [0.5, 0.6) is 0 Å². The minimum atomic E-state index is -1.41. The summed E-state index contributed by atoms with van der Waals surface area (Å²) in [5.74, 6) is -1.92. The molecule has 0 spiro atoms. The summed E-state index contributed by atoms with van der Waals surface area (Å²) in [6.07, 6.45) is 4.49. The Labute approximate surface area is 148 Å². The van der Waals surface area contributed by atoms with Crippen molar-refractivity contribution >= 4 is 5.97 Å². The van der Waals surface area contributed by atoms with Gasteiger partial charge in [-0.25, -0.2) is 18.5 Å². The molecule has 2 aromatic rings. The highest BCUT2D eigenvalue weighted by molar-refractivity contribution is 5.86. The van der Waals surface area contributed by atoms with E-state index in [0.717, 1.165) is 48.8 Å². The zero-order valence-corrected chi connectivity index (χ0v) is 14.2. The summed E-state index contributed by atoms with van der Waals surface area (Å²) in [5.41, 5.74) is -1.92. The molecule has 26 heavy (non-hydrogen) atoms. The number of carboxylic acid groups (broad SMARTS) is 1. The van der Waals surface area contributed by atoms with Crippen LogP contribution >= 0.6 is 0 Å². The molecule has 0 saturated carbocycles. The normalized spacial score (nSPS) is 15.1. The van der Waals surface area contributed by atoms with Gasteiger partial charge in [-0.15, -0.1) is 0 Å². The molecule has 1 aliphatic heterocycles. The van der Waals surface area contributed by atoms with Crippen molar-refractivity contribution in [3.8, 4) is 5.69 Å². The summed E-state index contributed by atoms with van der Waals surface area (Å²) >= 11 is 0. The van der Waals surface area contributed by atoms with Crippen LogP contribution in [0, 0.1) is 5.82 Å². The zero-order valence-electron chi connectivity index (χ0n) is 14.2. The summed E-state index contributed by atoms with van der Waals surface area (Å²) in [6.45, 7) is 2.76. The molecule has 8 heteroatoms. The van der Waals surface area contributed by atoms with Crippen molar-refractivity contribution in [1.29, 1.82) is 0 Å². The summed E-state index contributed by atoms with van der Waals surface area (Å²) in [6, 6.07) is 4.79. The van der Waals surface area contributed by atoms with E-state index in [1.807, 2.05) is 0 Å². The van der Waals surface area contributed by atoms with Crippen LogP contribution < -0.4 is 11.2 Å². The number of nitrogens with zero attached hydrogens (tertiary/aromatic N) is 3. The number of piperidine rings is 1. The van der Waals surface area contributed by atoms with Crippen molar-refractivity contribution in [2.75, 3.05) is 19.6 Å². The molecule has 1 aromatic carbocycles. The van der Waals surface area contributed by atoms with E-state index in [4.69, 9.17) is 0 Å². The van der Waals surface area contributed by atoms with E-state index in [2.05, 4.69) is 4.90 Å². The van der Waals surface area contributed by atoms with E-state index in [1.165, 1.54) is 23.1 Å². The first-order valence-corrected chi connectivity index (χ1v) is 8.55. The van der Waals surface area contributed by atoms with Crippen LogP contribution in [0.25, 0.3) is 5.69 Å². The van der Waals surface area contributed by atoms with Crippen molar-refractivity contribution < 1.29 is 14.3 Å². The Morgan fingerprint density at radius 1 is 1.04 bits per heavy atom. The van der Waals surface area contributed by atoms with Gasteiger partial charge in [-0.2, -0.15) is 0 Å². The lowest BCUT2D eigenvalue weighted by Gasteiger charge is -2.26. The highest BCUT2D eigenvalue weighted by Gasteiger charge is 2.18. The Morgan fingerprint density at radius 3 is 2.31 bits per heavy atom. The third-order valence-corrected chi connectivity index (χ3v) is 4.58. The summed E-state index contributed by atoms with van der Waals surface area (Å²) in [5, 5.41) is 9.31. The van der Waals surface area contributed by atoms with Gasteiger partial charge in [0.05, 0.1) is 5.69 Å². The van der Waals surface area contributed by atoms with Crippen LogP contribution in [-0.4, -0.2) is 44.7 Å². The molecule has 1 aromatic heterocycles. The van der Waals surface area contributed by atoms with E-state index in [-0.39, 0.29) is 12.2 Å². The number of carboxylic acids is 1. The van der Waals surface area contributed by atoms with Gasteiger partial charge >= 0.3 is 11.7 Å². The molecule has 0 radical (unpaired) electrons. The van der Waals surface area contributed by atoms with E-state index in [0.29, 0.717) is 6.54 Å². The predicted octanol–water partition coefficient (Wildman–Crippen LogP) is 1.32. The Kier molecular flexibility index (Phi) is 5.32. The standard InChI is InChI=1S/C18H20FN3O4/c19-13-4-6-14(7-5-13)22-16(23)15(17(24)25)12-21(18(22)26)11-10-20-8-2-1-3-9-20/h4-7,12H,1-3,8-11H2,(H,24,25). The summed E-state index contributed by atoms with van der Waals surface area (Å²) < 4.78 is 15.2. The second kappa shape index (κ2) is 7.65. The van der Waals surface area contributed by atoms with Crippen molar-refractivity contribution in [1.82, 2.24) is 14.0 Å². The fourth-order valence-electron chi connectivity index (χ4n) is 3.16. The van der Waals surface area contributed by atoms with Gasteiger partial charge in [0.15, 0.2) is 0 Å². The smallest absolute Gasteiger partial charge is 0.342 e. The van der Waals surface area contributed by atoms with Gasteiger partial charge in [0, 0.05) is 19.3 Å². The van der Waals surface area contributed by atoms with Gasteiger partial charge in [-0.1, -0.05) is 6.42 Å². The van der Waals surface area contributed by atoms with Gasteiger partial charge in [0.25, 0.3) is 5.56 Å². The maximum atomic E-state index is 13.1. The van der Waals surface area contributed by atoms with E-state index in [1.54, 1.807) is 0 Å². The lowest BCUT2D eigenvalue weighted by molar-refractivity contribution is 0.0693. The summed E-state index contributed by atoms with van der Waals surface area (Å²) in [4.78, 5) is 38.8. The summed E-state index contributed by atoms with van der Waals surface area (Å²) in [7, 11) is 0. The molecular weight excluding hydrogens is 341 g/mol. The maximum absolute atomic E-state index is 13.1. The van der Waals surface area contributed by atoms with Crippen LogP contribution in [0.4, 0.5) is 4.39 Å². The molecule has 0 amide bonds. The van der Waals surface area contributed by atoms with Gasteiger partial charge in [0.1, 0.15) is 11.4 Å². The maximum Gasteiger partial charge on any atom is 0.342 e. The first kappa shape index (κ1) is 18.1. The first-order valence-electron chi connectivity index (χ1n) is 8.55. The van der Waals surface area contributed by atoms with Gasteiger partial charge in [-0.05, 0) is 50.2 Å². The molecule has 138 valence electrons. The van der Waals surface area contributed by atoms with Gasteiger partial charge in [-0.3, -0.25) is 9.36 Å². The molecule has 3 rings (SSSR count). The van der Waals surface area contributed by atoms with Crippen molar-refractivity contribution in [2.45, 2.75) is 25.8 Å². The van der Waals surface area contributed by atoms with Crippen molar-refractivity contribution in [2.24, 2.45) is 0 Å². The number of benzene rings is 1. The Balaban J connectivity index is 2.01. The molecule has 7 nitrogen and oxygen atoms in total. The first-order chi connectivity index (χ1) is 12.5. The molecule has 1 saturated heterocycles. The second-order valence-electron chi connectivity index (χ2n) is 6.34. The Morgan fingerprint density at radius 2 is 1.69 bits per heavy atom. The Hall–Kier alpha value is -2.74. The molecular formula is C18H20FN3O4. The average Bonchev–Trinajstić information content (AvgIpc) is 2.63. The third-order valence-electron chi connectivity index (χ3n) is 4.58. The average molecular weight is 361 g/mol. The molecule has 0 unspecified atom stereocenters. The SMILES string of the molecule is O=C(O)c1cn(CCN2CCCCC2)c(=O)n(-c2ccc(F)cc2)c1=O. The molecule has 0 atom stereocenters. The van der Waals surface area contributed by atoms with Crippen LogP contribution in [0.2, 0.25) is 0 Å². The van der Waals surface area contributed by atoms with Crippen LogP contribution in [0.3, 0.4) is 0 Å². The highest BCUT2D eigenvalue weighted by Crippen LogP contribution is 2.09. The highest BCUT2D eigenvalue weighted by atomic mass is 19.1. The number of rotatable bonds is 5. The lowest BCUT2D eigenvalue weighted by Crippen LogP contribution is -2.43. The number of hydrogen-bond donors (Lipinski definition) is 1. The molecule has 0 bridgehead atoms. The van der Waals surface area contributed by atoms with Crippen LogP contribution in [0.1, 0.15) is 29.6 Å². The molecule has 0 aliphatic carbocycles. The van der Waals surface area contributed by atoms with Gasteiger partial charge in [0.2, 0.25) is 0 Å². The predicted molar refractivity (Wildman–Crippen MR) is 93.5 cm³/mol. The van der Waals surface area contributed by atoms with Crippen molar-refractivity contribution in [3.05, 3.63) is 62.7 Å². The number of aromatic nitrogens is 2. The van der Waals surface area contributed by atoms with Crippen LogP contribution in [-0.2, 0) is 6.54 Å². The van der Waals surface area contributed by atoms with E-state index < -0.39 is 28.6 Å². The van der Waals surface area contributed by atoms with Crippen molar-refractivity contribution in [3.63, 3.8) is 0 Å². The number of halogens is 1. The third kappa shape index (κ3) is 3.75. The quantitative estimate of drug-likeness (QED) is 0.868. The minimum Gasteiger partial charge on any atom is -0.477 e. The minimum absolute atomic E-state index is 0.135.